The first-order chi connectivity index (χ1) is 15.1. The third-order valence-corrected chi connectivity index (χ3v) is 5.91. The van der Waals surface area contributed by atoms with Gasteiger partial charge in [-0.3, -0.25) is 0 Å². The Bertz CT molecular complexity index is 1300. The fourth-order valence-corrected chi connectivity index (χ4v) is 4.25. The lowest BCUT2D eigenvalue weighted by Crippen LogP contribution is -2.02. The Morgan fingerprint density at radius 3 is 2.12 bits per heavy atom. The molecule has 4 rings (SSSR count). The number of carbonyl (C=O) groups is 2. The van der Waals surface area contributed by atoms with Crippen LogP contribution in [0.15, 0.2) is 36.7 Å². The Labute approximate surface area is 195 Å². The minimum Gasteiger partial charge on any atom is -0.478 e. The zero-order chi connectivity index (χ0) is 23.6. The van der Waals surface area contributed by atoms with E-state index < -0.39 is 11.9 Å². The molecule has 2 heterocycles. The van der Waals surface area contributed by atoms with Gasteiger partial charge in [-0.25, -0.2) is 9.59 Å². The first kappa shape index (κ1) is 23.7. The van der Waals surface area contributed by atoms with Crippen molar-refractivity contribution in [2.75, 3.05) is 7.11 Å². The molecule has 0 saturated heterocycles. The molecule has 2 aromatic heterocycles. The summed E-state index contributed by atoms with van der Waals surface area (Å²) in [6, 6.07) is 7.06. The van der Waals surface area contributed by atoms with Crippen LogP contribution in [0.5, 0.6) is 0 Å². The second-order valence-electron chi connectivity index (χ2n) is 7.88. The standard InChI is InChI=1S/C13H14ClNO2.C11H10ClNO2/c1-7(2)5-8-6-10(13(16)17)11(14)9-3-4-15-12(8)9;1-6-5-8(11(14)15-2)9(12)7-3-4-13-10(6)7/h3-4,6-7,15H,5H2,1-2H3,(H,16,17);3-5,13H,1-2H3. The minimum atomic E-state index is -0.983. The van der Waals surface area contributed by atoms with E-state index in [0.29, 0.717) is 21.5 Å². The number of hydrogen-bond acceptors (Lipinski definition) is 3. The van der Waals surface area contributed by atoms with Crippen LogP contribution < -0.4 is 0 Å². The molecule has 6 nitrogen and oxygen atoms in total. The van der Waals surface area contributed by atoms with Gasteiger partial charge in [0.25, 0.3) is 0 Å². The molecule has 0 aliphatic heterocycles. The van der Waals surface area contributed by atoms with E-state index in [1.54, 1.807) is 24.5 Å². The number of nitrogens with one attached hydrogen (secondary N) is 2. The van der Waals surface area contributed by atoms with Gasteiger partial charge < -0.3 is 19.8 Å². The van der Waals surface area contributed by atoms with Crippen LogP contribution in [0.1, 0.15) is 45.7 Å². The smallest absolute Gasteiger partial charge is 0.339 e. The zero-order valence-electron chi connectivity index (χ0n) is 18.2. The lowest BCUT2D eigenvalue weighted by atomic mass is 9.98. The van der Waals surface area contributed by atoms with Crippen molar-refractivity contribution < 1.29 is 19.4 Å². The van der Waals surface area contributed by atoms with Crippen LogP contribution in [0.3, 0.4) is 0 Å². The Hall–Kier alpha value is -2.96. The number of methoxy groups -OCH3 is 1. The predicted octanol–water partition coefficient (Wildman–Crippen LogP) is 6.63. The van der Waals surface area contributed by atoms with Gasteiger partial charge >= 0.3 is 11.9 Å². The molecule has 0 bridgehead atoms. The van der Waals surface area contributed by atoms with Crippen molar-refractivity contribution in [3.05, 3.63) is 69.0 Å². The largest absolute Gasteiger partial charge is 0.478 e. The molecule has 0 amide bonds. The van der Waals surface area contributed by atoms with Gasteiger partial charge in [-0.15, -0.1) is 0 Å². The second-order valence-corrected chi connectivity index (χ2v) is 8.64. The van der Waals surface area contributed by atoms with Gasteiger partial charge in [0.2, 0.25) is 0 Å². The highest BCUT2D eigenvalue weighted by atomic mass is 35.5. The number of carbonyl (C=O) groups excluding carboxylic acids is 1. The van der Waals surface area contributed by atoms with Gasteiger partial charge in [-0.2, -0.15) is 0 Å². The number of hydrogen-bond donors (Lipinski definition) is 3. The summed E-state index contributed by atoms with van der Waals surface area (Å²) < 4.78 is 4.66. The lowest BCUT2D eigenvalue weighted by molar-refractivity contribution is 0.0600. The minimum absolute atomic E-state index is 0.175. The third-order valence-electron chi connectivity index (χ3n) is 5.10. The van der Waals surface area contributed by atoms with Crippen LogP contribution in [-0.4, -0.2) is 34.1 Å². The fourth-order valence-electron chi connectivity index (χ4n) is 3.66. The van der Waals surface area contributed by atoms with Crippen molar-refractivity contribution in [3.63, 3.8) is 0 Å². The molecule has 3 N–H and O–H groups in total. The number of aromatic amines is 2. The van der Waals surface area contributed by atoms with Crippen molar-refractivity contribution in [1.82, 2.24) is 9.97 Å². The molecular weight excluding hydrogens is 451 g/mol. The molecule has 0 aliphatic carbocycles. The van der Waals surface area contributed by atoms with E-state index in [1.807, 2.05) is 19.1 Å². The van der Waals surface area contributed by atoms with E-state index in [4.69, 9.17) is 28.3 Å². The second kappa shape index (κ2) is 9.67. The van der Waals surface area contributed by atoms with Crippen molar-refractivity contribution >= 4 is 56.9 Å². The topological polar surface area (TPSA) is 95.2 Å². The average molecular weight is 475 g/mol. The highest BCUT2D eigenvalue weighted by Crippen LogP contribution is 2.31. The summed E-state index contributed by atoms with van der Waals surface area (Å²) in [5.74, 6) is -0.932. The van der Waals surface area contributed by atoms with E-state index in [-0.39, 0.29) is 5.56 Å². The Morgan fingerprint density at radius 1 is 1.00 bits per heavy atom. The predicted molar refractivity (Wildman–Crippen MR) is 128 cm³/mol. The van der Waals surface area contributed by atoms with Crippen LogP contribution in [0.4, 0.5) is 0 Å². The summed E-state index contributed by atoms with van der Waals surface area (Å²) >= 11 is 12.2. The average Bonchev–Trinajstić information content (AvgIpc) is 3.42. The monoisotopic (exact) mass is 474 g/mol. The lowest BCUT2D eigenvalue weighted by Gasteiger charge is -2.10. The molecule has 0 radical (unpaired) electrons. The van der Waals surface area contributed by atoms with Gasteiger partial charge in [0.15, 0.2) is 0 Å². The van der Waals surface area contributed by atoms with E-state index in [2.05, 4.69) is 28.6 Å². The van der Waals surface area contributed by atoms with Gasteiger partial charge in [0.1, 0.15) is 0 Å². The number of benzene rings is 2. The molecule has 32 heavy (non-hydrogen) atoms. The van der Waals surface area contributed by atoms with Crippen LogP contribution in [-0.2, 0) is 11.2 Å². The molecule has 0 saturated carbocycles. The fraction of sp³-hybridized carbons (Fsp3) is 0.250. The molecule has 0 fully saturated rings. The van der Waals surface area contributed by atoms with Crippen LogP contribution >= 0.6 is 23.2 Å². The third kappa shape index (κ3) is 4.61. The van der Waals surface area contributed by atoms with Crippen molar-refractivity contribution in [2.24, 2.45) is 5.92 Å². The van der Waals surface area contributed by atoms with Gasteiger partial charge in [-0.1, -0.05) is 37.0 Å². The summed E-state index contributed by atoms with van der Waals surface area (Å²) in [5.41, 5.74) is 4.45. The molecule has 0 atom stereocenters. The maximum atomic E-state index is 11.4. The highest BCUT2D eigenvalue weighted by Gasteiger charge is 2.17. The van der Waals surface area contributed by atoms with Gasteiger partial charge in [0, 0.05) is 28.7 Å². The highest BCUT2D eigenvalue weighted by molar-refractivity contribution is 6.39. The van der Waals surface area contributed by atoms with Gasteiger partial charge in [-0.05, 0) is 54.7 Å². The molecule has 0 aliphatic rings. The molecule has 2 aromatic carbocycles. The Kier molecular flexibility index (Phi) is 7.16. The normalized spacial score (nSPS) is 11.0. The van der Waals surface area contributed by atoms with Gasteiger partial charge in [0.05, 0.1) is 33.8 Å². The molecule has 8 heteroatoms. The van der Waals surface area contributed by atoms with E-state index in [9.17, 15) is 9.59 Å². The maximum absolute atomic E-state index is 11.4. The number of aromatic carboxylic acids is 1. The number of rotatable bonds is 4. The quantitative estimate of drug-likeness (QED) is 0.289. The number of aryl methyl sites for hydroxylation is 1. The maximum Gasteiger partial charge on any atom is 0.339 e. The molecule has 0 unspecified atom stereocenters. The van der Waals surface area contributed by atoms with Crippen molar-refractivity contribution in [3.8, 4) is 0 Å². The number of H-pyrrole nitrogens is 2. The van der Waals surface area contributed by atoms with E-state index >= 15 is 0 Å². The summed E-state index contributed by atoms with van der Waals surface area (Å²) in [6.07, 6.45) is 4.41. The van der Waals surface area contributed by atoms with Crippen LogP contribution in [0.2, 0.25) is 10.0 Å². The Balaban J connectivity index is 0.000000182. The molecule has 168 valence electrons. The molecule has 4 aromatic rings. The van der Waals surface area contributed by atoms with E-state index in [1.165, 1.54) is 7.11 Å². The first-order valence-corrected chi connectivity index (χ1v) is 10.8. The van der Waals surface area contributed by atoms with Crippen LogP contribution in [0, 0.1) is 12.8 Å². The summed E-state index contributed by atoms with van der Waals surface area (Å²) in [4.78, 5) is 28.8. The number of carboxylic acids is 1. The summed E-state index contributed by atoms with van der Waals surface area (Å²) in [5, 5.41) is 11.5. The zero-order valence-corrected chi connectivity index (χ0v) is 19.7. The Morgan fingerprint density at radius 2 is 1.56 bits per heavy atom. The number of carboxylic acid groups (broad SMARTS) is 1. The molecule has 0 spiro atoms. The van der Waals surface area contributed by atoms with Crippen molar-refractivity contribution in [2.45, 2.75) is 27.2 Å². The number of fused-ring (bicyclic) bond motifs is 2. The van der Waals surface area contributed by atoms with Crippen LogP contribution in [0.25, 0.3) is 21.8 Å². The summed E-state index contributed by atoms with van der Waals surface area (Å²) in [7, 11) is 1.34. The van der Waals surface area contributed by atoms with Crippen molar-refractivity contribution in [1.29, 1.82) is 0 Å². The number of aromatic nitrogens is 2. The number of ether oxygens (including phenoxy) is 1. The van der Waals surface area contributed by atoms with E-state index in [0.717, 1.165) is 39.4 Å². The SMILES string of the molecule is CC(C)Cc1cc(C(=O)O)c(Cl)c2cc[nH]c12.COC(=O)c1cc(C)c2[nH]ccc2c1Cl. The number of esters is 1. The number of halogens is 2. The molecular formula is C24H24Cl2N2O4. The first-order valence-electron chi connectivity index (χ1n) is 10.0. The summed E-state index contributed by atoms with van der Waals surface area (Å²) in [6.45, 7) is 6.12.